The number of nitrogens with zero attached hydrogens (tertiary/aromatic N) is 1. The van der Waals surface area contributed by atoms with Gasteiger partial charge in [-0.2, -0.15) is 0 Å². The standard InChI is InChI=1S/C25H20Cl4FN3O6/c1-2-9-8-33(25(37)32-22(9)35)24-18(30)19(34)16(38-24)7-31-23(36)17-12-3-10(26)5-14(28)20(12)39-21-13(17)4-11(27)6-15(21)29/h3-6,8,16-19,24,34H,2,7H2,1H3,(H,31,36)(H,32,35,37)/t16-,18+,19-,24-/m1/s1. The first-order valence-electron chi connectivity index (χ1n) is 11.8. The number of rotatable bonds is 5. The molecule has 0 aliphatic carbocycles. The van der Waals surface area contributed by atoms with Gasteiger partial charge in [-0.25, -0.2) is 9.18 Å². The van der Waals surface area contributed by atoms with Crippen LogP contribution in [0.25, 0.3) is 0 Å². The van der Waals surface area contributed by atoms with E-state index in [1.165, 1.54) is 30.5 Å². The third-order valence-electron chi connectivity index (χ3n) is 6.63. The number of carbonyl (C=O) groups is 1. The van der Waals surface area contributed by atoms with E-state index in [9.17, 15) is 19.5 Å². The van der Waals surface area contributed by atoms with Gasteiger partial charge in [0.15, 0.2) is 23.9 Å². The Balaban J connectivity index is 1.42. The van der Waals surface area contributed by atoms with Crippen LogP contribution in [-0.2, 0) is 16.0 Å². The highest BCUT2D eigenvalue weighted by Crippen LogP contribution is 2.51. The average molecular weight is 619 g/mol. The first-order chi connectivity index (χ1) is 18.5. The lowest BCUT2D eigenvalue weighted by molar-refractivity contribution is -0.123. The SMILES string of the molecule is CCc1cn([C@@H]2O[C@H](CNC(=O)C3c4cc(Cl)cc(Cl)c4Oc4c(Cl)cc(Cl)cc43)[C@@H](O)[C@@H]2F)c(=O)[nH]c1=O. The first kappa shape index (κ1) is 27.9. The number of aliphatic hydroxyl groups is 1. The summed E-state index contributed by atoms with van der Waals surface area (Å²) in [5.41, 5.74) is -0.550. The Morgan fingerprint density at radius 1 is 1.08 bits per heavy atom. The molecular formula is C25H20Cl4FN3O6. The Bertz CT molecular complexity index is 1540. The summed E-state index contributed by atoms with van der Waals surface area (Å²) in [6, 6.07) is 5.96. The average Bonchev–Trinajstić information content (AvgIpc) is 3.15. The van der Waals surface area contributed by atoms with Crippen LogP contribution in [0, 0.1) is 0 Å². The van der Waals surface area contributed by atoms with Crippen molar-refractivity contribution in [2.75, 3.05) is 6.54 Å². The summed E-state index contributed by atoms with van der Waals surface area (Å²) in [7, 11) is 0. The highest BCUT2D eigenvalue weighted by Gasteiger charge is 2.46. The van der Waals surface area contributed by atoms with Crippen molar-refractivity contribution in [3.8, 4) is 11.5 Å². The van der Waals surface area contributed by atoms with Crippen LogP contribution in [-0.4, -0.2) is 45.5 Å². The normalized spacial score (nSPS) is 22.2. The summed E-state index contributed by atoms with van der Waals surface area (Å²) < 4.78 is 27.5. The highest BCUT2D eigenvalue weighted by atomic mass is 35.5. The predicted molar refractivity (Wildman–Crippen MR) is 143 cm³/mol. The van der Waals surface area contributed by atoms with E-state index in [1.54, 1.807) is 6.92 Å². The van der Waals surface area contributed by atoms with Crippen molar-refractivity contribution in [2.24, 2.45) is 0 Å². The van der Waals surface area contributed by atoms with Crippen molar-refractivity contribution in [1.29, 1.82) is 0 Å². The fraction of sp³-hybridized carbons (Fsp3) is 0.320. The van der Waals surface area contributed by atoms with E-state index in [2.05, 4.69) is 10.3 Å². The number of alkyl halides is 1. The Morgan fingerprint density at radius 3 is 2.23 bits per heavy atom. The second-order valence-electron chi connectivity index (χ2n) is 9.07. The molecule has 4 atom stereocenters. The molecular weight excluding hydrogens is 599 g/mol. The van der Waals surface area contributed by atoms with Crippen molar-refractivity contribution in [1.82, 2.24) is 14.9 Å². The number of aromatic amines is 1. The molecule has 1 fully saturated rings. The number of halogens is 5. The molecule has 0 radical (unpaired) electrons. The molecule has 2 aromatic carbocycles. The van der Waals surface area contributed by atoms with E-state index in [0.29, 0.717) is 11.1 Å². The second kappa shape index (κ2) is 10.8. The molecule has 3 N–H and O–H groups in total. The second-order valence-corrected chi connectivity index (χ2v) is 10.8. The quantitative estimate of drug-likeness (QED) is 0.390. The summed E-state index contributed by atoms with van der Waals surface area (Å²) in [5.74, 6) is -1.24. The number of benzene rings is 2. The third-order valence-corrected chi connectivity index (χ3v) is 7.63. The Kier molecular flexibility index (Phi) is 7.71. The number of hydrogen-bond donors (Lipinski definition) is 3. The van der Waals surface area contributed by atoms with Crippen LogP contribution in [0.2, 0.25) is 20.1 Å². The van der Waals surface area contributed by atoms with E-state index < -0.39 is 47.7 Å². The zero-order valence-corrected chi connectivity index (χ0v) is 23.0. The predicted octanol–water partition coefficient (Wildman–Crippen LogP) is 4.36. The highest BCUT2D eigenvalue weighted by molar-refractivity contribution is 6.37. The van der Waals surface area contributed by atoms with Crippen LogP contribution in [0.1, 0.15) is 35.8 Å². The fourth-order valence-corrected chi connectivity index (χ4v) is 5.82. The maximum absolute atomic E-state index is 15.1. The van der Waals surface area contributed by atoms with Crippen LogP contribution >= 0.6 is 46.4 Å². The first-order valence-corrected chi connectivity index (χ1v) is 13.3. The Morgan fingerprint density at radius 2 is 1.67 bits per heavy atom. The van der Waals surface area contributed by atoms with Crippen LogP contribution in [0.15, 0.2) is 40.1 Å². The van der Waals surface area contributed by atoms with E-state index in [4.69, 9.17) is 55.9 Å². The lowest BCUT2D eigenvalue weighted by Gasteiger charge is -2.29. The van der Waals surface area contributed by atoms with E-state index >= 15 is 4.39 Å². The molecule has 1 aromatic heterocycles. The van der Waals surface area contributed by atoms with Crippen molar-refractivity contribution < 1.29 is 23.8 Å². The van der Waals surface area contributed by atoms with Crippen LogP contribution in [0.4, 0.5) is 4.39 Å². The van der Waals surface area contributed by atoms with Crippen molar-refractivity contribution in [3.05, 3.63) is 88.1 Å². The number of amides is 1. The number of ether oxygens (including phenoxy) is 2. The van der Waals surface area contributed by atoms with Gasteiger partial charge in [-0.15, -0.1) is 0 Å². The molecule has 1 saturated heterocycles. The summed E-state index contributed by atoms with van der Waals surface area (Å²) in [5, 5.41) is 14.0. The Hall–Kier alpha value is -2.60. The molecule has 0 saturated carbocycles. The molecule has 9 nitrogen and oxygen atoms in total. The molecule has 1 amide bonds. The van der Waals surface area contributed by atoms with Gasteiger partial charge < -0.3 is 19.9 Å². The molecule has 3 aromatic rings. The zero-order chi connectivity index (χ0) is 28.2. The molecule has 0 bridgehead atoms. The van der Waals surface area contributed by atoms with Gasteiger partial charge in [-0.3, -0.25) is 19.1 Å². The van der Waals surface area contributed by atoms with Crippen LogP contribution in [0.5, 0.6) is 11.5 Å². The van der Waals surface area contributed by atoms with Gasteiger partial charge in [0.1, 0.15) is 12.2 Å². The number of H-pyrrole nitrogens is 1. The largest absolute Gasteiger partial charge is 0.454 e. The minimum absolute atomic E-state index is 0.155. The van der Waals surface area contributed by atoms with Crippen LogP contribution in [0.3, 0.4) is 0 Å². The molecule has 3 heterocycles. The molecule has 14 heteroatoms. The molecule has 206 valence electrons. The van der Waals surface area contributed by atoms with Gasteiger partial charge >= 0.3 is 5.69 Å². The molecule has 2 aliphatic rings. The number of carbonyl (C=O) groups excluding carboxylic acids is 1. The van der Waals surface area contributed by atoms with Crippen LogP contribution < -0.4 is 21.3 Å². The van der Waals surface area contributed by atoms with Gasteiger partial charge in [-0.05, 0) is 30.7 Å². The molecule has 2 aliphatic heterocycles. The molecule has 5 rings (SSSR count). The number of aliphatic hydroxyl groups excluding tert-OH is 1. The van der Waals surface area contributed by atoms with Gasteiger partial charge in [0.2, 0.25) is 5.91 Å². The minimum Gasteiger partial charge on any atom is -0.454 e. The Labute approximate surface area is 240 Å². The van der Waals surface area contributed by atoms with Gasteiger partial charge in [0.25, 0.3) is 5.56 Å². The number of fused-ring (bicyclic) bond motifs is 2. The summed E-state index contributed by atoms with van der Waals surface area (Å²) in [6.07, 6.45) is -4.94. The lowest BCUT2D eigenvalue weighted by Crippen LogP contribution is -2.41. The zero-order valence-electron chi connectivity index (χ0n) is 20.0. The topological polar surface area (TPSA) is 123 Å². The van der Waals surface area contributed by atoms with Crippen molar-refractivity contribution in [3.63, 3.8) is 0 Å². The van der Waals surface area contributed by atoms with Gasteiger partial charge in [-0.1, -0.05) is 53.3 Å². The number of aryl methyl sites for hydroxylation is 1. The minimum atomic E-state index is -2.01. The van der Waals surface area contributed by atoms with Gasteiger partial charge in [0.05, 0.1) is 16.0 Å². The number of nitrogens with one attached hydrogen (secondary N) is 2. The lowest BCUT2D eigenvalue weighted by atomic mass is 9.87. The fourth-order valence-electron chi connectivity index (χ4n) is 4.72. The molecule has 39 heavy (non-hydrogen) atoms. The van der Waals surface area contributed by atoms with E-state index in [-0.39, 0.29) is 50.1 Å². The summed E-state index contributed by atoms with van der Waals surface area (Å²) in [4.78, 5) is 39.9. The maximum atomic E-state index is 15.1. The summed E-state index contributed by atoms with van der Waals surface area (Å²) >= 11 is 25.1. The third kappa shape index (κ3) is 5.05. The smallest absolute Gasteiger partial charge is 0.330 e. The maximum Gasteiger partial charge on any atom is 0.330 e. The van der Waals surface area contributed by atoms with Crippen molar-refractivity contribution >= 4 is 52.3 Å². The van der Waals surface area contributed by atoms with E-state index in [1.807, 2.05) is 0 Å². The van der Waals surface area contributed by atoms with Gasteiger partial charge in [0, 0.05) is 39.5 Å². The molecule has 0 spiro atoms. The van der Waals surface area contributed by atoms with Crippen molar-refractivity contribution in [2.45, 2.75) is 43.9 Å². The monoisotopic (exact) mass is 617 g/mol. The van der Waals surface area contributed by atoms with E-state index in [0.717, 1.165) is 4.57 Å². The number of hydrogen-bond acceptors (Lipinski definition) is 6. The number of aromatic nitrogens is 2. The summed E-state index contributed by atoms with van der Waals surface area (Å²) in [6.45, 7) is 1.38. The molecule has 0 unspecified atom stereocenters.